The molecule has 0 bridgehead atoms. The molecule has 2 aliphatic carbocycles. The molecule has 0 aliphatic heterocycles. The number of carbonyl (C=O) groups is 2. The number of methoxy groups -OCH3 is 1. The minimum atomic E-state index is -6.09. The number of hydrogen-bond acceptors (Lipinski definition) is 9. The lowest BCUT2D eigenvalue weighted by atomic mass is 9.91. The van der Waals surface area contributed by atoms with E-state index in [9.17, 15) is 80.9 Å². The van der Waals surface area contributed by atoms with E-state index >= 15 is 0 Å². The standard InChI is InChI=1S/C22H22F6N2O4S.C21H19ClF6N2O3S/c1-34-17-10-15(6-7-16(17)20(32,21(23,24)25)22(26,27)28)30-18(31)9-14-5-8-19(29-11-14)35(2,33)12-13-3-4-13;1-34(33,11-12-2-3-12)18-7-4-13(10-29-18)8-17(31)30-14-5-6-15(16(22)9-14)19(32,20(23,24)25)21(26,27)28/h5-8,10-11,13,32H,2-4,9,12H2,1H3,(H,30,31);4-7,9-10,12,32H,1-3,8,11H2,(H,30,31). The molecule has 2 fully saturated rings. The number of aromatic nitrogens is 2. The number of nitrogens with zero attached hydrogens (tertiary/aromatic N) is 2. The van der Waals surface area contributed by atoms with Gasteiger partial charge in [-0.1, -0.05) is 29.8 Å². The van der Waals surface area contributed by atoms with E-state index < -0.39 is 88.7 Å². The number of carbonyl (C=O) groups excluding carboxylic acids is 2. The molecule has 6 rings (SSSR count). The van der Waals surface area contributed by atoms with Gasteiger partial charge >= 0.3 is 24.7 Å². The minimum absolute atomic E-state index is 0.155. The van der Waals surface area contributed by atoms with Crippen molar-refractivity contribution in [2.75, 3.05) is 29.2 Å². The van der Waals surface area contributed by atoms with Gasteiger partial charge in [0.05, 0.1) is 20.0 Å². The van der Waals surface area contributed by atoms with E-state index in [0.717, 1.165) is 51.0 Å². The number of amides is 2. The van der Waals surface area contributed by atoms with Gasteiger partial charge in [0.25, 0.3) is 11.2 Å². The van der Waals surface area contributed by atoms with Gasteiger partial charge in [0.15, 0.2) is 0 Å². The number of nitrogens with one attached hydrogen (secondary N) is 2. The molecule has 2 heterocycles. The summed E-state index contributed by atoms with van der Waals surface area (Å²) in [6.45, 7) is 0. The molecule has 2 aliphatic rings. The molecule has 4 N–H and O–H groups in total. The first-order valence-electron chi connectivity index (χ1n) is 20.0. The van der Waals surface area contributed by atoms with Crippen molar-refractivity contribution in [3.63, 3.8) is 0 Å². The van der Waals surface area contributed by atoms with E-state index in [-0.39, 0.29) is 24.2 Å². The first-order valence-corrected chi connectivity index (χ1v) is 24.2. The molecule has 0 saturated heterocycles. The van der Waals surface area contributed by atoms with Gasteiger partial charge in [-0.2, -0.15) is 52.7 Å². The van der Waals surface area contributed by atoms with Crippen LogP contribution in [0.25, 0.3) is 0 Å². The average molecular weight is 1050 g/mol. The largest absolute Gasteiger partial charge is 0.496 e. The van der Waals surface area contributed by atoms with E-state index in [0.29, 0.717) is 62.7 Å². The molecule has 2 amide bonds. The number of ether oxygens (including phenoxy) is 1. The van der Waals surface area contributed by atoms with Crippen molar-refractivity contribution in [3.05, 3.63) is 100 Å². The first kappa shape index (κ1) is 54.8. The molecule has 2 unspecified atom stereocenters. The Morgan fingerprint density at radius 1 is 0.638 bits per heavy atom. The molecule has 69 heavy (non-hydrogen) atoms. The van der Waals surface area contributed by atoms with Crippen molar-refractivity contribution in [1.29, 1.82) is 0 Å². The van der Waals surface area contributed by atoms with Crippen LogP contribution in [0.3, 0.4) is 0 Å². The fourth-order valence-electron chi connectivity index (χ4n) is 6.64. The third kappa shape index (κ3) is 12.8. The predicted octanol–water partition coefficient (Wildman–Crippen LogP) is 8.78. The molecule has 2 aromatic heterocycles. The second-order valence-corrected chi connectivity index (χ2v) is 21.5. The van der Waals surface area contributed by atoms with Gasteiger partial charge in [-0.25, -0.2) is 9.97 Å². The third-order valence-corrected chi connectivity index (χ3v) is 15.0. The number of benzene rings is 2. The van der Waals surface area contributed by atoms with Gasteiger partial charge < -0.3 is 25.6 Å². The number of alkyl halides is 12. The van der Waals surface area contributed by atoms with Crippen LogP contribution in [0.5, 0.6) is 5.75 Å². The Morgan fingerprint density at radius 3 is 1.32 bits per heavy atom. The fourth-order valence-corrected chi connectivity index (χ4v) is 10.6. The zero-order chi connectivity index (χ0) is 51.8. The SMILES string of the molecule is C=S(=O)(CC1CC1)c1ccc(CC(=O)Nc2ccc(C(O)(C(F)(F)F)C(F)(F)F)c(Cl)c2)cn1.C=S(=O)(CC1CC1)c1ccc(CC(=O)Nc2ccc(C(O)(C(F)(F)F)C(F)(F)F)c(OC)c2)cn1. The Hall–Kier alpha value is -5.11. The molecule has 2 atom stereocenters. The maximum absolute atomic E-state index is 13.2. The van der Waals surface area contributed by atoms with E-state index in [1.54, 1.807) is 0 Å². The van der Waals surface area contributed by atoms with Crippen molar-refractivity contribution in [1.82, 2.24) is 9.97 Å². The number of pyridine rings is 2. The van der Waals surface area contributed by atoms with Crippen LogP contribution in [0.4, 0.5) is 64.1 Å². The lowest BCUT2D eigenvalue weighted by Gasteiger charge is -2.33. The monoisotopic (exact) mass is 1050 g/mol. The molecule has 4 aromatic rings. The van der Waals surface area contributed by atoms with Gasteiger partial charge in [-0.15, -0.1) is 0 Å². The summed E-state index contributed by atoms with van der Waals surface area (Å²) < 4.78 is 188. The highest BCUT2D eigenvalue weighted by Crippen LogP contribution is 2.54. The summed E-state index contributed by atoms with van der Waals surface area (Å²) in [4.78, 5) is 32.9. The summed E-state index contributed by atoms with van der Waals surface area (Å²) in [6.07, 6.45) is -18.1. The van der Waals surface area contributed by atoms with Crippen molar-refractivity contribution < 1.29 is 85.6 Å². The van der Waals surface area contributed by atoms with Crippen molar-refractivity contribution in [2.24, 2.45) is 11.8 Å². The van der Waals surface area contributed by atoms with Gasteiger partial charge in [0, 0.05) is 76.5 Å². The number of hydrogen-bond donors (Lipinski definition) is 4. The van der Waals surface area contributed by atoms with Crippen LogP contribution in [-0.2, 0) is 52.7 Å². The first-order chi connectivity index (χ1) is 31.6. The third-order valence-electron chi connectivity index (χ3n) is 10.6. The summed E-state index contributed by atoms with van der Waals surface area (Å²) in [7, 11) is -4.25. The van der Waals surface area contributed by atoms with Crippen LogP contribution in [0, 0.1) is 11.8 Å². The van der Waals surface area contributed by atoms with Gasteiger partial charge in [0.1, 0.15) is 15.8 Å². The highest BCUT2D eigenvalue weighted by molar-refractivity contribution is 8.00. The maximum atomic E-state index is 13.2. The zero-order valence-corrected chi connectivity index (χ0v) is 38.1. The van der Waals surface area contributed by atoms with E-state index in [1.807, 2.05) is 0 Å². The molecule has 11 nitrogen and oxygen atoms in total. The van der Waals surface area contributed by atoms with Crippen molar-refractivity contribution in [2.45, 2.75) is 84.5 Å². The summed E-state index contributed by atoms with van der Waals surface area (Å²) in [5, 5.41) is 23.3. The number of anilines is 2. The molecule has 2 saturated carbocycles. The molecule has 378 valence electrons. The average Bonchev–Trinajstić information content (AvgIpc) is 4.18. The summed E-state index contributed by atoms with van der Waals surface area (Å²) >= 11 is 5.62. The topological polar surface area (TPSA) is 168 Å². The van der Waals surface area contributed by atoms with Gasteiger partial charge in [-0.3, -0.25) is 18.0 Å². The Balaban J connectivity index is 0.000000258. The van der Waals surface area contributed by atoms with Crippen molar-refractivity contribution in [3.8, 4) is 5.75 Å². The molecule has 0 radical (unpaired) electrons. The fraction of sp³-hybridized carbons (Fsp3) is 0.395. The minimum Gasteiger partial charge on any atom is -0.496 e. The quantitative estimate of drug-likeness (QED) is 0.0672. The van der Waals surface area contributed by atoms with Crippen LogP contribution < -0.4 is 15.4 Å². The lowest BCUT2D eigenvalue weighted by molar-refractivity contribution is -0.376. The van der Waals surface area contributed by atoms with Gasteiger partial charge in [-0.05, 0) is 96.8 Å². The Bertz CT molecular complexity index is 2720. The maximum Gasteiger partial charge on any atom is 0.430 e. The smallest absolute Gasteiger partial charge is 0.430 e. The number of aliphatic hydroxyl groups is 2. The molecule has 0 spiro atoms. The molecular weight excluding hydrogens is 1010 g/mol. The zero-order valence-electron chi connectivity index (χ0n) is 35.7. The summed E-state index contributed by atoms with van der Waals surface area (Å²) in [5.74, 6) is 6.89. The molecule has 26 heteroatoms. The van der Waals surface area contributed by atoms with Crippen LogP contribution in [-0.4, -0.2) is 95.5 Å². The van der Waals surface area contributed by atoms with Crippen LogP contribution >= 0.6 is 11.6 Å². The second-order valence-electron chi connectivity index (χ2n) is 16.3. The highest BCUT2D eigenvalue weighted by atomic mass is 35.5. The highest BCUT2D eigenvalue weighted by Gasteiger charge is 2.73. The Kier molecular flexibility index (Phi) is 15.9. The van der Waals surface area contributed by atoms with Crippen LogP contribution in [0.2, 0.25) is 5.02 Å². The molecular formula is C43H41ClF12N4O7S2. The summed E-state index contributed by atoms with van der Waals surface area (Å²) in [5.41, 5.74) is -13.0. The molecule has 2 aromatic carbocycles. The number of rotatable bonds is 15. The van der Waals surface area contributed by atoms with Crippen molar-refractivity contribution >= 4 is 65.6 Å². The summed E-state index contributed by atoms with van der Waals surface area (Å²) in [6, 6.07) is 9.78. The number of halogens is 13. The van der Waals surface area contributed by atoms with E-state index in [1.165, 1.54) is 36.7 Å². The van der Waals surface area contributed by atoms with Crippen LogP contribution in [0.1, 0.15) is 47.9 Å². The van der Waals surface area contributed by atoms with E-state index in [2.05, 4.69) is 37.1 Å². The predicted molar refractivity (Wildman–Crippen MR) is 232 cm³/mol. The van der Waals surface area contributed by atoms with Crippen LogP contribution in [0.15, 0.2) is 83.1 Å². The Labute approximate surface area is 391 Å². The second kappa shape index (κ2) is 19.9. The Morgan fingerprint density at radius 2 is 1.00 bits per heavy atom. The van der Waals surface area contributed by atoms with Gasteiger partial charge in [0.2, 0.25) is 11.8 Å². The lowest BCUT2D eigenvalue weighted by Crippen LogP contribution is -2.54. The van der Waals surface area contributed by atoms with E-state index in [4.69, 9.17) is 11.6 Å². The normalized spacial score (nSPS) is 16.6.